The Morgan fingerprint density at radius 3 is 2.79 bits per heavy atom. The van der Waals surface area contributed by atoms with Gasteiger partial charge in [-0.2, -0.15) is 0 Å². The lowest BCUT2D eigenvalue weighted by molar-refractivity contribution is 0.138. The summed E-state index contributed by atoms with van der Waals surface area (Å²) in [6, 6.07) is 1.93. The molecule has 0 aliphatic carbocycles. The zero-order valence-corrected chi connectivity index (χ0v) is 15.0. The second-order valence-electron chi connectivity index (χ2n) is 5.96. The molecule has 0 saturated carbocycles. The third-order valence-electron chi connectivity index (χ3n) is 4.02. The number of nitrogens with one attached hydrogen (secondary N) is 1. The molecule has 1 saturated heterocycles. The smallest absolute Gasteiger partial charge is 0.194 e. The van der Waals surface area contributed by atoms with Gasteiger partial charge in [0.1, 0.15) is 6.26 Å². The van der Waals surface area contributed by atoms with Crippen LogP contribution in [0.3, 0.4) is 0 Å². The second kappa shape index (κ2) is 11.0. The highest BCUT2D eigenvalue weighted by molar-refractivity contribution is 5.80. The molecule has 0 radical (unpaired) electrons. The van der Waals surface area contributed by atoms with Gasteiger partial charge >= 0.3 is 0 Å². The summed E-state index contributed by atoms with van der Waals surface area (Å²) in [6.07, 6.45) is 3.92. The quantitative estimate of drug-likeness (QED) is 0.419. The van der Waals surface area contributed by atoms with E-state index in [1.165, 1.54) is 6.42 Å². The Morgan fingerprint density at radius 2 is 2.12 bits per heavy atom. The highest BCUT2D eigenvalue weighted by Gasteiger charge is 2.20. The van der Waals surface area contributed by atoms with Crippen LogP contribution in [0.25, 0.3) is 0 Å². The molecule has 1 fully saturated rings. The Bertz CT molecular complexity index is 456. The predicted octanol–water partition coefficient (Wildman–Crippen LogP) is 1.57. The summed E-state index contributed by atoms with van der Waals surface area (Å²) in [5, 5.41) is 7.37. The molecule has 2 rings (SSSR count). The number of nitrogens with zero attached hydrogens (tertiary/aromatic N) is 4. The zero-order valence-electron chi connectivity index (χ0n) is 15.0. The number of piperazine rings is 1. The molecule has 2 heterocycles. The van der Waals surface area contributed by atoms with Crippen LogP contribution >= 0.6 is 0 Å². The molecule has 136 valence electrons. The minimum absolute atomic E-state index is 0.695. The Labute approximate surface area is 145 Å². The fourth-order valence-electron chi connectivity index (χ4n) is 2.66. The van der Waals surface area contributed by atoms with Crippen molar-refractivity contribution in [1.29, 1.82) is 0 Å². The summed E-state index contributed by atoms with van der Waals surface area (Å²) >= 11 is 0. The number of aliphatic imine (C=N–C) groups is 1. The van der Waals surface area contributed by atoms with E-state index in [0.29, 0.717) is 13.2 Å². The summed E-state index contributed by atoms with van der Waals surface area (Å²) < 4.78 is 10.5. The van der Waals surface area contributed by atoms with Crippen LogP contribution in [0.4, 0.5) is 0 Å². The molecule has 1 N–H and O–H groups in total. The fraction of sp³-hybridized carbons (Fsp3) is 0.765. The van der Waals surface area contributed by atoms with Gasteiger partial charge in [-0.15, -0.1) is 0 Å². The molecule has 1 aromatic heterocycles. The van der Waals surface area contributed by atoms with E-state index in [9.17, 15) is 0 Å². The molecule has 7 heteroatoms. The van der Waals surface area contributed by atoms with Gasteiger partial charge in [-0.05, 0) is 13.3 Å². The lowest BCUT2D eigenvalue weighted by Gasteiger charge is -2.36. The lowest BCUT2D eigenvalue weighted by Crippen LogP contribution is -2.52. The van der Waals surface area contributed by atoms with Crippen molar-refractivity contribution in [3.05, 3.63) is 18.0 Å². The number of rotatable bonds is 9. The van der Waals surface area contributed by atoms with Crippen LogP contribution < -0.4 is 5.32 Å². The Hall–Kier alpha value is -1.60. The number of hydrogen-bond donors (Lipinski definition) is 1. The SMILES string of the molecule is CCCCOCCN=C(NCC)N1CCN(Cc2ccon2)CC1. The van der Waals surface area contributed by atoms with E-state index < -0.39 is 0 Å². The van der Waals surface area contributed by atoms with Gasteiger partial charge in [0.05, 0.1) is 18.8 Å². The van der Waals surface area contributed by atoms with Crippen molar-refractivity contribution < 1.29 is 9.26 Å². The van der Waals surface area contributed by atoms with Crippen LogP contribution in [0.1, 0.15) is 32.4 Å². The molecule has 0 atom stereocenters. The van der Waals surface area contributed by atoms with Gasteiger partial charge in [0.2, 0.25) is 0 Å². The van der Waals surface area contributed by atoms with E-state index >= 15 is 0 Å². The Kier molecular flexibility index (Phi) is 8.62. The molecule has 0 amide bonds. The second-order valence-corrected chi connectivity index (χ2v) is 5.96. The van der Waals surface area contributed by atoms with E-state index in [4.69, 9.17) is 14.3 Å². The molecule has 0 bridgehead atoms. The number of guanidine groups is 1. The fourth-order valence-corrected chi connectivity index (χ4v) is 2.66. The van der Waals surface area contributed by atoms with E-state index in [1.807, 2.05) is 6.07 Å². The third-order valence-corrected chi connectivity index (χ3v) is 4.02. The van der Waals surface area contributed by atoms with Crippen molar-refractivity contribution in [3.8, 4) is 0 Å². The Balaban J connectivity index is 1.73. The molecule has 0 aromatic carbocycles. The van der Waals surface area contributed by atoms with Crippen molar-refractivity contribution in [2.45, 2.75) is 33.2 Å². The van der Waals surface area contributed by atoms with Crippen molar-refractivity contribution in [3.63, 3.8) is 0 Å². The van der Waals surface area contributed by atoms with Crippen LogP contribution in [0.2, 0.25) is 0 Å². The standard InChI is InChI=1S/C17H31N5O2/c1-3-5-12-23-14-7-19-17(18-4-2)22-10-8-21(9-11-22)15-16-6-13-24-20-16/h6,13H,3-5,7-12,14-15H2,1-2H3,(H,18,19). The summed E-state index contributed by atoms with van der Waals surface area (Å²) in [6.45, 7) is 12.2. The van der Waals surface area contributed by atoms with Gasteiger partial charge in [-0.3, -0.25) is 9.89 Å². The van der Waals surface area contributed by atoms with E-state index in [1.54, 1.807) is 6.26 Å². The maximum Gasteiger partial charge on any atom is 0.194 e. The summed E-state index contributed by atoms with van der Waals surface area (Å²) in [5.41, 5.74) is 0.994. The molecule has 0 spiro atoms. The van der Waals surface area contributed by atoms with Gasteiger partial charge in [0.25, 0.3) is 0 Å². The Morgan fingerprint density at radius 1 is 1.29 bits per heavy atom. The first-order valence-electron chi connectivity index (χ1n) is 9.06. The summed E-state index contributed by atoms with van der Waals surface area (Å²) in [4.78, 5) is 9.42. The number of aromatic nitrogens is 1. The molecule has 7 nitrogen and oxygen atoms in total. The molecule has 1 aliphatic rings. The monoisotopic (exact) mass is 337 g/mol. The first-order chi connectivity index (χ1) is 11.8. The lowest BCUT2D eigenvalue weighted by atomic mass is 10.3. The van der Waals surface area contributed by atoms with Crippen molar-refractivity contribution >= 4 is 5.96 Å². The first-order valence-corrected chi connectivity index (χ1v) is 9.06. The first kappa shape index (κ1) is 18.7. The van der Waals surface area contributed by atoms with E-state index in [-0.39, 0.29) is 0 Å². The third kappa shape index (κ3) is 6.49. The van der Waals surface area contributed by atoms with Crippen LogP contribution in [0.15, 0.2) is 21.8 Å². The minimum atomic E-state index is 0.695. The number of ether oxygens (including phenoxy) is 1. The van der Waals surface area contributed by atoms with Crippen LogP contribution in [0.5, 0.6) is 0 Å². The van der Waals surface area contributed by atoms with E-state index in [2.05, 4.69) is 34.1 Å². The van der Waals surface area contributed by atoms with Gasteiger partial charge in [0, 0.05) is 51.9 Å². The maximum atomic E-state index is 5.59. The molecular weight excluding hydrogens is 306 g/mol. The minimum Gasteiger partial charge on any atom is -0.380 e. The highest BCUT2D eigenvalue weighted by Crippen LogP contribution is 2.07. The molecule has 0 unspecified atom stereocenters. The maximum absolute atomic E-state index is 5.59. The van der Waals surface area contributed by atoms with Crippen molar-refractivity contribution in [2.75, 3.05) is 52.5 Å². The van der Waals surface area contributed by atoms with Gasteiger partial charge < -0.3 is 19.5 Å². The molecule has 24 heavy (non-hydrogen) atoms. The number of hydrogen-bond acceptors (Lipinski definition) is 5. The normalized spacial score (nSPS) is 16.6. The summed E-state index contributed by atoms with van der Waals surface area (Å²) in [7, 11) is 0. The predicted molar refractivity (Wildman–Crippen MR) is 95.1 cm³/mol. The van der Waals surface area contributed by atoms with Crippen molar-refractivity contribution in [1.82, 2.24) is 20.3 Å². The molecule has 1 aliphatic heterocycles. The molecule has 1 aromatic rings. The van der Waals surface area contributed by atoms with Crippen LogP contribution in [-0.4, -0.2) is 73.4 Å². The zero-order chi connectivity index (χ0) is 17.0. The highest BCUT2D eigenvalue weighted by atomic mass is 16.5. The largest absolute Gasteiger partial charge is 0.380 e. The topological polar surface area (TPSA) is 66.1 Å². The van der Waals surface area contributed by atoms with Gasteiger partial charge in [-0.1, -0.05) is 18.5 Å². The van der Waals surface area contributed by atoms with Crippen molar-refractivity contribution in [2.24, 2.45) is 4.99 Å². The summed E-state index contributed by atoms with van der Waals surface area (Å²) in [5.74, 6) is 0.998. The average Bonchev–Trinajstić information content (AvgIpc) is 3.11. The van der Waals surface area contributed by atoms with E-state index in [0.717, 1.165) is 63.9 Å². The van der Waals surface area contributed by atoms with Crippen LogP contribution in [-0.2, 0) is 11.3 Å². The van der Waals surface area contributed by atoms with Gasteiger partial charge in [-0.25, -0.2) is 0 Å². The van der Waals surface area contributed by atoms with Gasteiger partial charge in [0.15, 0.2) is 5.96 Å². The number of unbranched alkanes of at least 4 members (excludes halogenated alkanes) is 1. The molecular formula is C17H31N5O2. The van der Waals surface area contributed by atoms with Crippen LogP contribution in [0, 0.1) is 0 Å². The average molecular weight is 337 g/mol.